The second kappa shape index (κ2) is 16.0. The van der Waals surface area contributed by atoms with E-state index in [-0.39, 0.29) is 53.9 Å². The molecule has 1 aromatic rings. The molecular formula is C46H64Cl2Zr-4. The van der Waals surface area contributed by atoms with Crippen LogP contribution >= 0.6 is 24.8 Å². The standard InChI is InChI=1S/C29H37.C10H15.C5H5.CH3.CH2.2ClH.Zr/c1-18-25-22-17-19-13-9-10-14-20(19)24(22)21-15-11-12-16-23(21)29(25,8)28(6,7)27(4,5)26(18,2)3;1-7-2-9-4-8(1)5-10(3-7)6-9;1-2-4-5-3-1;;;;;/h9-11,13-15,23H,12,16-17H2,1-8H3;7-9H,1-6H2;1-3H,4H2;1H3;1H2;2*1H;/q4*-1;;;;. The fourth-order valence-electron chi connectivity index (χ4n) is 11.6. The Morgan fingerprint density at radius 2 is 1.43 bits per heavy atom. The van der Waals surface area contributed by atoms with Gasteiger partial charge in [0.25, 0.3) is 0 Å². The topological polar surface area (TPSA) is 0 Å². The van der Waals surface area contributed by atoms with Gasteiger partial charge in [0, 0.05) is 0 Å². The summed E-state index contributed by atoms with van der Waals surface area (Å²) < 4.78 is 3.34. The first-order valence-corrected chi connectivity index (χ1v) is 20.1. The van der Waals surface area contributed by atoms with E-state index in [1.165, 1.54) is 67.5 Å². The van der Waals surface area contributed by atoms with Crippen molar-refractivity contribution in [2.75, 3.05) is 0 Å². The minimum Gasteiger partial charge on any atom is -0.358 e. The van der Waals surface area contributed by atoms with Crippen LogP contribution in [0.5, 0.6) is 0 Å². The molecule has 0 N–H and O–H groups in total. The van der Waals surface area contributed by atoms with Crippen LogP contribution in [-0.2, 0) is 30.7 Å². The Morgan fingerprint density at radius 3 is 1.94 bits per heavy atom. The van der Waals surface area contributed by atoms with Crippen molar-refractivity contribution in [3.63, 3.8) is 0 Å². The Kier molecular flexibility index (Phi) is 13.9. The first-order chi connectivity index (χ1) is 21.9. The number of hydrogen-bond acceptors (Lipinski definition) is 0. The molecule has 3 heteroatoms. The van der Waals surface area contributed by atoms with E-state index in [9.17, 15) is 0 Å². The number of hydrogen-bond donors (Lipinski definition) is 0. The Balaban J connectivity index is 0.000000267. The van der Waals surface area contributed by atoms with Crippen LogP contribution in [0.4, 0.5) is 0 Å². The number of benzene rings is 1. The van der Waals surface area contributed by atoms with Gasteiger partial charge in [0.2, 0.25) is 0 Å². The van der Waals surface area contributed by atoms with Crippen LogP contribution in [0.15, 0.2) is 71.4 Å². The zero-order chi connectivity index (χ0) is 33.1. The van der Waals surface area contributed by atoms with Crippen LogP contribution in [0.2, 0.25) is 0 Å². The average molecular weight is 779 g/mol. The molecule has 0 spiro atoms. The van der Waals surface area contributed by atoms with E-state index in [4.69, 9.17) is 0 Å². The third-order valence-corrected chi connectivity index (χ3v) is 15.1. The molecule has 9 aliphatic carbocycles. The summed E-state index contributed by atoms with van der Waals surface area (Å²) in [6, 6.07) is 9.16. The maximum absolute atomic E-state index is 3.34. The molecule has 0 aromatic heterocycles. The van der Waals surface area contributed by atoms with Crippen molar-refractivity contribution >= 4 is 34.6 Å². The third-order valence-electron chi connectivity index (χ3n) is 15.1. The molecule has 5 fully saturated rings. The fourth-order valence-corrected chi connectivity index (χ4v) is 11.6. The van der Waals surface area contributed by atoms with Gasteiger partial charge in [-0.25, -0.2) is 18.1 Å². The molecule has 0 radical (unpaired) electrons. The van der Waals surface area contributed by atoms with Crippen LogP contribution in [0, 0.1) is 70.7 Å². The van der Waals surface area contributed by atoms with E-state index in [2.05, 4.69) is 108 Å². The van der Waals surface area contributed by atoms with Crippen LogP contribution in [0.1, 0.15) is 124 Å². The SMILES string of the molecule is C1[C-]2CC3CC1CC(C2)C3.C[C-]1C2=C3Cc4ccccc4C3=C3C=CCCC3C2(C)C(C)(C)C(C)(C)C1(C)C.Cl.Cl.[C-]1=CC=CC1.[CH2]=[Zr].[CH3-]. The van der Waals surface area contributed by atoms with Gasteiger partial charge in [-0.05, 0) is 40.6 Å². The van der Waals surface area contributed by atoms with E-state index >= 15 is 0 Å². The summed E-state index contributed by atoms with van der Waals surface area (Å²) in [7, 11) is 0. The summed E-state index contributed by atoms with van der Waals surface area (Å²) in [5.74, 6) is 7.60. The van der Waals surface area contributed by atoms with Gasteiger partial charge < -0.3 is 13.3 Å². The summed E-state index contributed by atoms with van der Waals surface area (Å²) >= 11 is 1.30. The summed E-state index contributed by atoms with van der Waals surface area (Å²) in [5, 5.41) is 0. The second-order valence-corrected chi connectivity index (χ2v) is 17.4. The first-order valence-electron chi connectivity index (χ1n) is 18.4. The molecule has 0 nitrogen and oxygen atoms in total. The number of rotatable bonds is 0. The van der Waals surface area contributed by atoms with Crippen LogP contribution in [0.25, 0.3) is 5.57 Å². The fraction of sp³-hybridized carbons (Fsp3) is 0.565. The molecule has 0 saturated heterocycles. The number of halogens is 2. The smallest absolute Gasteiger partial charge is 0.358 e. The molecule has 9 aliphatic rings. The molecule has 270 valence electrons. The van der Waals surface area contributed by atoms with Crippen molar-refractivity contribution in [1.82, 2.24) is 0 Å². The maximum atomic E-state index is 3.34. The first kappa shape index (κ1) is 42.5. The second-order valence-electron chi connectivity index (χ2n) is 17.4. The molecule has 2 atom stereocenters. The summed E-state index contributed by atoms with van der Waals surface area (Å²) in [6.45, 7) is 20.3. The minimum absolute atomic E-state index is 0. The normalized spacial score (nSPS) is 32.2. The van der Waals surface area contributed by atoms with Gasteiger partial charge >= 0.3 is 28.4 Å². The number of allylic oxidation sites excluding steroid dienone is 10. The van der Waals surface area contributed by atoms with Crippen molar-refractivity contribution in [3.05, 3.63) is 108 Å². The predicted molar refractivity (Wildman–Crippen MR) is 215 cm³/mol. The number of fused-ring (bicyclic) bond motifs is 6. The summed E-state index contributed by atoms with van der Waals surface area (Å²) in [5.41, 5.74) is 10.3. The van der Waals surface area contributed by atoms with Gasteiger partial charge in [-0.15, -0.1) is 38.2 Å². The quantitative estimate of drug-likeness (QED) is 0.230. The van der Waals surface area contributed by atoms with Gasteiger partial charge in [-0.1, -0.05) is 150 Å². The van der Waals surface area contributed by atoms with Crippen molar-refractivity contribution in [2.24, 2.45) is 45.3 Å². The van der Waals surface area contributed by atoms with Crippen molar-refractivity contribution in [1.29, 1.82) is 0 Å². The summed E-state index contributed by atoms with van der Waals surface area (Å²) in [4.78, 5) is 0. The van der Waals surface area contributed by atoms with E-state index in [0.29, 0.717) is 5.92 Å². The Hall–Kier alpha value is -0.877. The zero-order valence-electron chi connectivity index (χ0n) is 32.1. The van der Waals surface area contributed by atoms with Crippen molar-refractivity contribution in [2.45, 2.75) is 120 Å². The van der Waals surface area contributed by atoms with Crippen molar-refractivity contribution in [3.8, 4) is 0 Å². The van der Waals surface area contributed by atoms with E-state index in [1.54, 1.807) is 47.5 Å². The van der Waals surface area contributed by atoms with Gasteiger partial charge in [-0.2, -0.15) is 36.5 Å². The predicted octanol–water partition coefficient (Wildman–Crippen LogP) is 13.3. The molecule has 1 aromatic carbocycles. The Labute approximate surface area is 329 Å². The molecular weight excluding hydrogens is 715 g/mol. The van der Waals surface area contributed by atoms with Crippen LogP contribution in [0.3, 0.4) is 0 Å². The van der Waals surface area contributed by atoms with E-state index in [0.717, 1.165) is 30.6 Å². The van der Waals surface area contributed by atoms with Crippen LogP contribution < -0.4 is 0 Å². The third kappa shape index (κ3) is 6.76. The molecule has 2 unspecified atom stereocenters. The monoisotopic (exact) mass is 776 g/mol. The molecule has 0 heterocycles. The largest absolute Gasteiger partial charge is 0.358 e. The Morgan fingerprint density at radius 1 is 0.837 bits per heavy atom. The molecule has 49 heavy (non-hydrogen) atoms. The van der Waals surface area contributed by atoms with Gasteiger partial charge in [-0.3, -0.25) is 6.08 Å². The Bertz CT molecular complexity index is 1420. The molecule has 0 aliphatic heterocycles. The molecule has 4 bridgehead atoms. The molecule has 5 saturated carbocycles. The van der Waals surface area contributed by atoms with Gasteiger partial charge in [0.15, 0.2) is 0 Å². The van der Waals surface area contributed by atoms with E-state index < -0.39 is 0 Å². The molecule has 10 rings (SSSR count). The minimum atomic E-state index is 0. The summed E-state index contributed by atoms with van der Waals surface area (Å²) in [6.07, 6.45) is 27.8. The van der Waals surface area contributed by atoms with E-state index in [1.807, 2.05) is 18.1 Å². The molecule has 0 amide bonds. The van der Waals surface area contributed by atoms with Gasteiger partial charge in [0.05, 0.1) is 0 Å². The van der Waals surface area contributed by atoms with Gasteiger partial charge in [0.1, 0.15) is 0 Å². The van der Waals surface area contributed by atoms with Crippen LogP contribution in [-0.4, -0.2) is 4.21 Å². The van der Waals surface area contributed by atoms with Crippen molar-refractivity contribution < 1.29 is 24.2 Å². The maximum Gasteiger partial charge on any atom is -0.358 e. The zero-order valence-corrected chi connectivity index (χ0v) is 36.2. The average Bonchev–Trinajstić information content (AvgIpc) is 3.73.